The Bertz CT molecular complexity index is 1240. The molecule has 0 unspecified atom stereocenters. The van der Waals surface area contributed by atoms with Gasteiger partial charge in [-0.05, 0) is 78.8 Å². The van der Waals surface area contributed by atoms with E-state index < -0.39 is 0 Å². The number of rotatable bonds is 11. The lowest BCUT2D eigenvalue weighted by Crippen LogP contribution is -2.35. The number of aromatic nitrogens is 1. The van der Waals surface area contributed by atoms with Gasteiger partial charge in [0.2, 0.25) is 5.52 Å². The lowest BCUT2D eigenvalue weighted by molar-refractivity contribution is -0.668. The summed E-state index contributed by atoms with van der Waals surface area (Å²) in [5.74, 6) is 2.31. The molecule has 1 aliphatic heterocycles. The van der Waals surface area contributed by atoms with Gasteiger partial charge in [-0.2, -0.15) is 28.1 Å². The molecule has 0 aliphatic carbocycles. The number of anilines is 1. The van der Waals surface area contributed by atoms with Gasteiger partial charge in [0.15, 0.2) is 6.54 Å². The Labute approximate surface area is 236 Å². The molecule has 0 atom stereocenters. The van der Waals surface area contributed by atoms with Gasteiger partial charge in [-0.3, -0.25) is 0 Å². The summed E-state index contributed by atoms with van der Waals surface area (Å²) in [5, 5.41) is 4.16. The zero-order chi connectivity index (χ0) is 24.8. The quantitative estimate of drug-likeness (QED) is 0.164. The molecule has 8 heteroatoms. The number of hydrogen-bond donors (Lipinski definition) is 0. The molecule has 0 saturated heterocycles. The van der Waals surface area contributed by atoms with Crippen LogP contribution in [0, 0.1) is 0 Å². The minimum Gasteiger partial charge on any atom is -0.335 e. The lowest BCUT2D eigenvalue weighted by atomic mass is 10.2. The predicted octanol–water partition coefficient (Wildman–Crippen LogP) is 9.25. The first-order chi connectivity index (χ1) is 17.0. The number of benzene rings is 2. The zero-order valence-electron chi connectivity index (χ0n) is 20.4. The van der Waals surface area contributed by atoms with Crippen LogP contribution in [0.3, 0.4) is 0 Å². The van der Waals surface area contributed by atoms with Crippen LogP contribution in [0.5, 0.6) is 0 Å². The van der Waals surface area contributed by atoms with Crippen molar-refractivity contribution in [3.8, 4) is 0 Å². The highest BCUT2D eigenvalue weighted by molar-refractivity contribution is 8.03. The van der Waals surface area contributed by atoms with E-state index in [9.17, 15) is 0 Å². The Morgan fingerprint density at radius 1 is 1.03 bits per heavy atom. The first-order valence-electron chi connectivity index (χ1n) is 11.8. The molecule has 0 bridgehead atoms. The Hall–Kier alpha value is -0.760. The topological polar surface area (TPSA) is 7.12 Å². The summed E-state index contributed by atoms with van der Waals surface area (Å²) in [6, 6.07) is 12.5. The normalized spacial score (nSPS) is 14.9. The molecule has 3 aromatic rings. The van der Waals surface area contributed by atoms with Crippen LogP contribution in [-0.4, -0.2) is 30.6 Å². The van der Waals surface area contributed by atoms with Crippen LogP contribution in [0.15, 0.2) is 58.0 Å². The van der Waals surface area contributed by atoms with Crippen molar-refractivity contribution in [3.05, 3.63) is 68.1 Å². The maximum atomic E-state index is 6.37. The number of nitrogens with zero attached hydrogens (tertiary/aromatic N) is 2. The Balaban J connectivity index is 1.71. The van der Waals surface area contributed by atoms with Crippen LogP contribution in [0.25, 0.3) is 16.3 Å². The molecule has 0 radical (unpaired) electrons. The maximum absolute atomic E-state index is 6.37. The summed E-state index contributed by atoms with van der Waals surface area (Å²) in [6.07, 6.45) is 12.4. The van der Waals surface area contributed by atoms with Gasteiger partial charge in [-0.15, -0.1) is 0 Å². The van der Waals surface area contributed by atoms with Crippen molar-refractivity contribution in [2.75, 3.05) is 35.5 Å². The number of allylic oxidation sites excluding steroid dienone is 2. The van der Waals surface area contributed by atoms with E-state index in [0.29, 0.717) is 0 Å². The van der Waals surface area contributed by atoms with E-state index in [2.05, 4.69) is 65.3 Å². The van der Waals surface area contributed by atoms with Crippen molar-refractivity contribution in [1.82, 2.24) is 0 Å². The number of fused-ring (bicyclic) bond motifs is 2. The number of thioether (sulfide) groups is 3. The Morgan fingerprint density at radius 3 is 2.54 bits per heavy atom. The van der Waals surface area contributed by atoms with E-state index in [1.807, 2.05) is 58.8 Å². The van der Waals surface area contributed by atoms with Crippen LogP contribution in [0.2, 0.25) is 10.0 Å². The van der Waals surface area contributed by atoms with Crippen molar-refractivity contribution in [3.63, 3.8) is 0 Å². The van der Waals surface area contributed by atoms with Gasteiger partial charge in [-0.25, -0.2) is 0 Å². The van der Waals surface area contributed by atoms with Gasteiger partial charge in [0.1, 0.15) is 4.70 Å². The molecule has 0 amide bonds. The highest BCUT2D eigenvalue weighted by atomic mass is 35.5. The van der Waals surface area contributed by atoms with E-state index in [-0.39, 0.29) is 0 Å². The van der Waals surface area contributed by atoms with Crippen LogP contribution in [0.1, 0.15) is 31.2 Å². The van der Waals surface area contributed by atoms with E-state index in [1.54, 1.807) is 0 Å². The molecule has 2 nitrogen and oxygen atoms in total. The molecule has 2 aromatic carbocycles. The monoisotopic (exact) mass is 581 g/mol. The highest BCUT2D eigenvalue weighted by Crippen LogP contribution is 2.47. The molecule has 35 heavy (non-hydrogen) atoms. The number of hydrogen-bond acceptors (Lipinski definition) is 5. The van der Waals surface area contributed by atoms with Gasteiger partial charge in [0, 0.05) is 40.0 Å². The highest BCUT2D eigenvalue weighted by Gasteiger charge is 2.26. The third kappa shape index (κ3) is 6.77. The summed E-state index contributed by atoms with van der Waals surface area (Å²) in [5.41, 5.74) is 3.79. The second-order valence-corrected chi connectivity index (χ2v) is 13.3. The minimum atomic E-state index is 0.793. The largest absolute Gasteiger partial charge is 0.335 e. The summed E-state index contributed by atoms with van der Waals surface area (Å²) in [7, 11) is 0. The van der Waals surface area contributed by atoms with Crippen molar-refractivity contribution in [1.29, 1.82) is 0 Å². The van der Waals surface area contributed by atoms with Crippen LogP contribution in [0.4, 0.5) is 5.69 Å². The second-order valence-electron chi connectivity index (χ2n) is 8.32. The van der Waals surface area contributed by atoms with Crippen molar-refractivity contribution in [2.45, 2.75) is 37.6 Å². The van der Waals surface area contributed by atoms with E-state index >= 15 is 0 Å². The molecule has 0 saturated carbocycles. The van der Waals surface area contributed by atoms with E-state index in [1.165, 1.54) is 36.4 Å². The molecular formula is C27H31Cl2N2S4+. The molecule has 186 valence electrons. The molecule has 0 spiro atoms. The zero-order valence-corrected chi connectivity index (χ0v) is 25.1. The Kier molecular flexibility index (Phi) is 10.3. The fourth-order valence-electron chi connectivity index (χ4n) is 4.12. The Morgan fingerprint density at radius 2 is 1.77 bits per heavy atom. The minimum absolute atomic E-state index is 0.793. The average molecular weight is 583 g/mol. The fraction of sp³-hybridized carbons (Fsp3) is 0.370. The molecule has 2 heterocycles. The maximum Gasteiger partial charge on any atom is 0.263 e. The predicted molar refractivity (Wildman–Crippen MR) is 164 cm³/mol. The summed E-state index contributed by atoms with van der Waals surface area (Å²) >= 11 is 20.3. The summed E-state index contributed by atoms with van der Waals surface area (Å²) in [4.78, 5) is 3.73. The van der Waals surface area contributed by atoms with E-state index in [0.717, 1.165) is 53.9 Å². The molecule has 0 fully saturated rings. The van der Waals surface area contributed by atoms with Crippen LogP contribution < -0.4 is 9.47 Å². The molecule has 4 rings (SSSR count). The van der Waals surface area contributed by atoms with Crippen molar-refractivity contribution < 1.29 is 4.57 Å². The van der Waals surface area contributed by atoms with Gasteiger partial charge in [0.25, 0.3) is 5.01 Å². The number of thiazole rings is 1. The molecule has 1 aliphatic rings. The summed E-state index contributed by atoms with van der Waals surface area (Å²) in [6.45, 7) is 4.24. The molecule has 1 aromatic heterocycles. The average Bonchev–Trinajstić information content (AvgIpc) is 3.36. The van der Waals surface area contributed by atoms with Crippen molar-refractivity contribution >= 4 is 91.8 Å². The van der Waals surface area contributed by atoms with Crippen molar-refractivity contribution in [2.24, 2.45) is 0 Å². The van der Waals surface area contributed by atoms with Gasteiger partial charge < -0.3 is 4.90 Å². The first-order valence-corrected chi connectivity index (χ1v) is 17.0. The summed E-state index contributed by atoms with van der Waals surface area (Å²) < 4.78 is 3.73. The molecule has 0 N–H and O–H groups in total. The fourth-order valence-corrected chi connectivity index (χ4v) is 7.58. The number of halogens is 2. The lowest BCUT2D eigenvalue weighted by Gasteiger charge is -2.21. The molecular weight excluding hydrogens is 551 g/mol. The van der Waals surface area contributed by atoms with Gasteiger partial charge in [-0.1, -0.05) is 53.2 Å². The van der Waals surface area contributed by atoms with Crippen LogP contribution >= 0.6 is 69.8 Å². The SMILES string of the molecule is CCC(=C/c1sc2ccc(Cl)cc2[n+]1CCCSC)/C=C1/Sc2ccc(Cl)cc2N1CCCSC. The second kappa shape index (κ2) is 13.2. The first kappa shape index (κ1) is 27.3. The smallest absolute Gasteiger partial charge is 0.263 e. The standard InChI is InChI=1S/C27H31Cl2N2S4/c1-4-19(15-26-30(11-5-13-32-2)22-17-20(28)7-9-24(22)34-26)16-27-31(12-6-14-33-3)23-18-21(29)8-10-25(23)35-27/h7-10,15-18H,4-6,11-14H2,1-3H3/q+1. The van der Waals surface area contributed by atoms with E-state index in [4.69, 9.17) is 23.2 Å². The van der Waals surface area contributed by atoms with Gasteiger partial charge >= 0.3 is 0 Å². The van der Waals surface area contributed by atoms with Gasteiger partial charge in [0.05, 0.1) is 10.7 Å². The third-order valence-electron chi connectivity index (χ3n) is 5.87. The number of aryl methyl sites for hydroxylation is 1. The van der Waals surface area contributed by atoms with Crippen LogP contribution in [-0.2, 0) is 6.54 Å². The third-order valence-corrected chi connectivity index (χ3v) is 9.96.